The Labute approximate surface area is 88.2 Å². The van der Waals surface area contributed by atoms with Crippen LogP contribution in [0.5, 0.6) is 5.75 Å². The van der Waals surface area contributed by atoms with Crippen molar-refractivity contribution >= 4 is 5.97 Å². The molecule has 2 heterocycles. The van der Waals surface area contributed by atoms with Crippen molar-refractivity contribution in [2.24, 2.45) is 0 Å². The number of rotatable bonds is 2. The van der Waals surface area contributed by atoms with Gasteiger partial charge in [0.15, 0.2) is 0 Å². The highest BCUT2D eigenvalue weighted by molar-refractivity contribution is 5.70. The number of pyridine rings is 1. The van der Waals surface area contributed by atoms with Crippen molar-refractivity contribution in [2.75, 3.05) is 13.7 Å². The van der Waals surface area contributed by atoms with E-state index in [1.165, 1.54) is 7.11 Å². The Bertz CT molecular complexity index is 389. The van der Waals surface area contributed by atoms with Crippen LogP contribution in [0.1, 0.15) is 23.6 Å². The lowest BCUT2D eigenvalue weighted by molar-refractivity contribution is -0.141. The zero-order chi connectivity index (χ0) is 10.8. The number of nitrogens with zero attached hydrogens (tertiary/aromatic N) is 1. The van der Waals surface area contributed by atoms with Gasteiger partial charge in [-0.25, -0.2) is 0 Å². The lowest BCUT2D eigenvalue weighted by Crippen LogP contribution is -2.09. The molecule has 0 aromatic carbocycles. The van der Waals surface area contributed by atoms with Crippen LogP contribution < -0.4 is 4.74 Å². The van der Waals surface area contributed by atoms with Gasteiger partial charge in [-0.15, -0.1) is 0 Å². The van der Waals surface area contributed by atoms with Gasteiger partial charge in [0.1, 0.15) is 5.75 Å². The van der Waals surface area contributed by atoms with Gasteiger partial charge in [0.25, 0.3) is 0 Å². The van der Waals surface area contributed by atoms with Crippen molar-refractivity contribution < 1.29 is 14.3 Å². The largest absolute Gasteiger partial charge is 0.493 e. The van der Waals surface area contributed by atoms with Gasteiger partial charge in [0.05, 0.1) is 20.1 Å². The molecule has 0 unspecified atom stereocenters. The molecule has 1 aliphatic heterocycles. The molecule has 0 saturated carbocycles. The summed E-state index contributed by atoms with van der Waals surface area (Å²) in [4.78, 5) is 15.3. The minimum Gasteiger partial charge on any atom is -0.493 e. The van der Waals surface area contributed by atoms with Gasteiger partial charge in [-0.1, -0.05) is 0 Å². The van der Waals surface area contributed by atoms with E-state index in [0.717, 1.165) is 17.0 Å². The van der Waals surface area contributed by atoms with Crippen LogP contribution >= 0.6 is 0 Å². The molecule has 0 amide bonds. The normalized spacial score (nSPS) is 18.1. The molecule has 15 heavy (non-hydrogen) atoms. The quantitative estimate of drug-likeness (QED) is 0.688. The van der Waals surface area contributed by atoms with Gasteiger partial charge in [0.2, 0.25) is 0 Å². The van der Waals surface area contributed by atoms with E-state index in [0.29, 0.717) is 13.0 Å². The van der Waals surface area contributed by atoms with Crippen molar-refractivity contribution in [1.29, 1.82) is 0 Å². The van der Waals surface area contributed by atoms with Crippen molar-refractivity contribution in [3.63, 3.8) is 0 Å². The third kappa shape index (κ3) is 1.93. The minimum atomic E-state index is -0.211. The maximum Gasteiger partial charge on any atom is 0.306 e. The minimum absolute atomic E-state index is 0.0838. The average molecular weight is 207 g/mol. The molecular formula is C11H13NO3. The molecule has 4 heteroatoms. The first-order valence-corrected chi connectivity index (χ1v) is 4.87. The SMILES string of the molecule is COC(=O)C[C@H]1COc2cc(C)ncc21. The summed E-state index contributed by atoms with van der Waals surface area (Å²) in [6.07, 6.45) is 2.14. The van der Waals surface area contributed by atoms with Gasteiger partial charge in [0, 0.05) is 29.4 Å². The number of fused-ring (bicyclic) bond motifs is 1. The number of aryl methyl sites for hydroxylation is 1. The number of hydrogen-bond acceptors (Lipinski definition) is 4. The number of esters is 1. The lowest BCUT2D eigenvalue weighted by Gasteiger charge is -2.05. The molecule has 1 aliphatic rings. The summed E-state index contributed by atoms with van der Waals surface area (Å²) in [6.45, 7) is 2.45. The van der Waals surface area contributed by atoms with Crippen molar-refractivity contribution in [2.45, 2.75) is 19.3 Å². The Morgan fingerprint density at radius 1 is 1.73 bits per heavy atom. The van der Waals surface area contributed by atoms with Crippen LogP contribution in [-0.4, -0.2) is 24.7 Å². The smallest absolute Gasteiger partial charge is 0.306 e. The highest BCUT2D eigenvalue weighted by Gasteiger charge is 2.27. The van der Waals surface area contributed by atoms with Crippen LogP contribution in [0.4, 0.5) is 0 Å². The molecule has 4 nitrogen and oxygen atoms in total. The fourth-order valence-electron chi connectivity index (χ4n) is 1.71. The molecule has 80 valence electrons. The fourth-order valence-corrected chi connectivity index (χ4v) is 1.71. The molecule has 0 spiro atoms. The summed E-state index contributed by atoms with van der Waals surface area (Å²) in [6, 6.07) is 1.90. The Morgan fingerprint density at radius 2 is 2.53 bits per heavy atom. The standard InChI is InChI=1S/C11H13NO3/c1-7-3-10-9(5-12-7)8(6-15-10)4-11(13)14-2/h3,5,8H,4,6H2,1-2H3/t8-/m0/s1. The second-order valence-corrected chi connectivity index (χ2v) is 3.65. The van der Waals surface area contributed by atoms with Crippen LogP contribution in [0, 0.1) is 6.92 Å². The maximum absolute atomic E-state index is 11.1. The number of hydrogen-bond donors (Lipinski definition) is 0. The average Bonchev–Trinajstić information content (AvgIpc) is 2.60. The second kappa shape index (κ2) is 3.88. The highest BCUT2D eigenvalue weighted by Crippen LogP contribution is 2.35. The summed E-state index contributed by atoms with van der Waals surface area (Å²) in [5.74, 6) is 0.717. The first-order chi connectivity index (χ1) is 7.20. The van der Waals surface area contributed by atoms with Crippen LogP contribution in [0.15, 0.2) is 12.3 Å². The zero-order valence-electron chi connectivity index (χ0n) is 8.82. The Kier molecular flexibility index (Phi) is 2.58. The van der Waals surface area contributed by atoms with Crippen molar-refractivity contribution in [1.82, 2.24) is 4.98 Å². The van der Waals surface area contributed by atoms with Crippen LogP contribution in [0.25, 0.3) is 0 Å². The van der Waals surface area contributed by atoms with Crippen molar-refractivity contribution in [3.05, 3.63) is 23.5 Å². The van der Waals surface area contributed by atoms with Crippen molar-refractivity contribution in [3.8, 4) is 5.75 Å². The van der Waals surface area contributed by atoms with E-state index in [4.69, 9.17) is 4.74 Å². The number of carbonyl (C=O) groups excluding carboxylic acids is 1. The fraction of sp³-hybridized carbons (Fsp3) is 0.455. The molecule has 1 aromatic rings. The van der Waals surface area contributed by atoms with E-state index in [1.807, 2.05) is 13.0 Å². The molecular weight excluding hydrogens is 194 g/mol. The monoisotopic (exact) mass is 207 g/mol. The molecule has 1 atom stereocenters. The first-order valence-electron chi connectivity index (χ1n) is 4.87. The summed E-state index contributed by atoms with van der Waals surface area (Å²) in [5.41, 5.74) is 1.93. The summed E-state index contributed by atoms with van der Waals surface area (Å²) >= 11 is 0. The second-order valence-electron chi connectivity index (χ2n) is 3.65. The molecule has 0 aliphatic carbocycles. The highest BCUT2D eigenvalue weighted by atomic mass is 16.5. The van der Waals surface area contributed by atoms with Crippen LogP contribution in [0.2, 0.25) is 0 Å². The molecule has 1 aromatic heterocycles. The van der Waals surface area contributed by atoms with E-state index < -0.39 is 0 Å². The number of aromatic nitrogens is 1. The Balaban J connectivity index is 2.18. The van der Waals surface area contributed by atoms with Gasteiger partial charge >= 0.3 is 5.97 Å². The first kappa shape index (κ1) is 9.96. The molecule has 0 bridgehead atoms. The number of carbonyl (C=O) groups is 1. The van der Waals surface area contributed by atoms with E-state index in [1.54, 1.807) is 6.20 Å². The van der Waals surface area contributed by atoms with E-state index >= 15 is 0 Å². The molecule has 0 N–H and O–H groups in total. The van der Waals surface area contributed by atoms with Gasteiger partial charge in [-0.05, 0) is 6.92 Å². The summed E-state index contributed by atoms with van der Waals surface area (Å²) in [5, 5.41) is 0. The van der Waals surface area contributed by atoms with Gasteiger partial charge in [-0.3, -0.25) is 9.78 Å². The molecule has 2 rings (SSSR count). The predicted molar refractivity (Wildman–Crippen MR) is 53.8 cm³/mol. The summed E-state index contributed by atoms with van der Waals surface area (Å²) in [7, 11) is 1.40. The Hall–Kier alpha value is -1.58. The van der Waals surface area contributed by atoms with Gasteiger partial charge in [-0.2, -0.15) is 0 Å². The third-order valence-corrected chi connectivity index (χ3v) is 2.55. The third-order valence-electron chi connectivity index (χ3n) is 2.55. The number of ether oxygens (including phenoxy) is 2. The van der Waals surface area contributed by atoms with E-state index in [9.17, 15) is 4.79 Å². The lowest BCUT2D eigenvalue weighted by atomic mass is 9.99. The molecule has 0 saturated heterocycles. The molecule has 0 radical (unpaired) electrons. The van der Waals surface area contributed by atoms with Crippen LogP contribution in [-0.2, 0) is 9.53 Å². The zero-order valence-corrected chi connectivity index (χ0v) is 8.82. The molecule has 0 fully saturated rings. The topological polar surface area (TPSA) is 48.4 Å². The Morgan fingerprint density at radius 3 is 3.27 bits per heavy atom. The maximum atomic E-state index is 11.1. The van der Waals surface area contributed by atoms with E-state index in [2.05, 4.69) is 9.72 Å². The van der Waals surface area contributed by atoms with E-state index in [-0.39, 0.29) is 11.9 Å². The summed E-state index contributed by atoms with van der Waals surface area (Å²) < 4.78 is 10.1. The van der Waals surface area contributed by atoms with Crippen LogP contribution in [0.3, 0.4) is 0 Å². The van der Waals surface area contributed by atoms with Gasteiger partial charge < -0.3 is 9.47 Å². The predicted octanol–water partition coefficient (Wildman–Crippen LogP) is 1.43. The number of methoxy groups -OCH3 is 1.